The molecule has 158 valence electrons. The number of hydrogen-bond donors (Lipinski definition) is 5. The molecule has 0 fully saturated rings. The molecule has 0 bridgehead atoms. The Morgan fingerprint density at radius 2 is 1.54 bits per heavy atom. The minimum Gasteiger partial charge on any atom is -0.790 e. The average molecular weight is 425 g/mol. The fourth-order valence-electron chi connectivity index (χ4n) is 1.21. The van der Waals surface area contributed by atoms with Crippen LogP contribution in [0.5, 0.6) is 0 Å². The first-order chi connectivity index (χ1) is 11.7. The molecule has 16 heteroatoms. The number of carbonyl (C=O) groups is 1. The fourth-order valence-corrected chi connectivity index (χ4v) is 1.94. The second-order valence-corrected chi connectivity index (χ2v) is 7.10. The van der Waals surface area contributed by atoms with Crippen LogP contribution in [0.3, 0.4) is 0 Å². The Morgan fingerprint density at radius 3 is 1.92 bits per heavy atom. The van der Waals surface area contributed by atoms with Crippen LogP contribution >= 0.6 is 15.6 Å². The Kier molecular flexibility index (Phi) is 14.8. The Morgan fingerprint density at radius 1 is 1.04 bits per heavy atom. The number of rotatable bonds is 12. The molecule has 1 unspecified atom stereocenters. The zero-order chi connectivity index (χ0) is 21.0. The Balaban J connectivity index is 0. The molecule has 4 atom stereocenters. The van der Waals surface area contributed by atoms with E-state index in [1.165, 1.54) is 0 Å². The van der Waals surface area contributed by atoms with Crippen molar-refractivity contribution in [3.05, 3.63) is 0 Å². The summed E-state index contributed by atoms with van der Waals surface area (Å²) in [5, 5.41) is 34.1. The molecule has 0 aromatic heterocycles. The van der Waals surface area contributed by atoms with Gasteiger partial charge in [0.1, 0.15) is 18.3 Å². The van der Waals surface area contributed by atoms with Gasteiger partial charge in [0.15, 0.2) is 6.29 Å². The zero-order valence-corrected chi connectivity index (χ0v) is 15.1. The maximum absolute atomic E-state index is 10.0. The summed E-state index contributed by atoms with van der Waals surface area (Å²) in [5.74, 6) is 0. The summed E-state index contributed by atoms with van der Waals surface area (Å²) in [7, 11) is -10.0. The lowest BCUT2D eigenvalue weighted by Gasteiger charge is -2.30. The van der Waals surface area contributed by atoms with Gasteiger partial charge in [0.05, 0.1) is 35.5 Å². The molecule has 26 heavy (non-hydrogen) atoms. The quantitative estimate of drug-likeness (QED) is 0.111. The molecule has 0 aliphatic rings. The monoisotopic (exact) mass is 425 g/mol. The summed E-state index contributed by atoms with van der Waals surface area (Å²) in [6.45, 7) is -1.52. The van der Waals surface area contributed by atoms with Gasteiger partial charge < -0.3 is 68.7 Å². The highest BCUT2D eigenvalue weighted by Crippen LogP contribution is 2.26. The predicted molar refractivity (Wildman–Crippen MR) is 75.5 cm³/mol. The molecule has 6 N–H and O–H groups in total. The van der Waals surface area contributed by atoms with Crippen LogP contribution in [0.25, 0.3) is 0 Å². The van der Waals surface area contributed by atoms with Gasteiger partial charge in [-0.25, -0.2) is 0 Å². The number of nitrogens with two attached hydrogens (primary N) is 1. The standard InChI is InChI=1S/C5H15NO8P2.C5H10O5/c6-5(4-14-16(10,11)12)2-1-3-13-15(7,8)9;6-1-3(8)5(10)4(9)2-7/h5H,1-4,6H2,(H2,7,8,9)(H2,10,11,12);1,3-5,7-10H,2H2/p-4/t;3-,4+,5-/m.0/s1. The van der Waals surface area contributed by atoms with Gasteiger partial charge in [-0.1, -0.05) is 0 Å². The van der Waals surface area contributed by atoms with Crippen LogP contribution < -0.4 is 25.3 Å². The Labute approximate surface area is 148 Å². The Bertz CT molecular complexity index is 466. The molecule has 0 amide bonds. The van der Waals surface area contributed by atoms with E-state index in [2.05, 4.69) is 9.05 Å². The molecule has 14 nitrogen and oxygen atoms in total. The van der Waals surface area contributed by atoms with Gasteiger partial charge in [-0.3, -0.25) is 0 Å². The average Bonchev–Trinajstić information content (AvgIpc) is 2.53. The van der Waals surface area contributed by atoms with Gasteiger partial charge in [-0.15, -0.1) is 0 Å². The van der Waals surface area contributed by atoms with Crippen LogP contribution in [-0.2, 0) is 23.0 Å². The van der Waals surface area contributed by atoms with E-state index in [1.54, 1.807) is 0 Å². The van der Waals surface area contributed by atoms with Crippen molar-refractivity contribution in [3.63, 3.8) is 0 Å². The molecule has 0 aliphatic carbocycles. The third-order valence-corrected chi connectivity index (χ3v) is 3.45. The van der Waals surface area contributed by atoms with E-state index >= 15 is 0 Å². The third-order valence-electron chi connectivity index (χ3n) is 2.49. The van der Waals surface area contributed by atoms with Crippen molar-refractivity contribution in [2.75, 3.05) is 19.8 Å². The van der Waals surface area contributed by atoms with Crippen LogP contribution in [0, 0.1) is 0 Å². The summed E-state index contributed by atoms with van der Waals surface area (Å²) in [6, 6.07) is -0.752. The van der Waals surface area contributed by atoms with Crippen LogP contribution in [0.1, 0.15) is 12.8 Å². The molecule has 0 radical (unpaired) electrons. The largest absolute Gasteiger partial charge is 0.790 e. The summed E-state index contributed by atoms with van der Waals surface area (Å²) in [4.78, 5) is 49.9. The third kappa shape index (κ3) is 18.5. The minimum atomic E-state index is -5.04. The zero-order valence-electron chi connectivity index (χ0n) is 13.4. The first-order valence-corrected chi connectivity index (χ1v) is 9.84. The van der Waals surface area contributed by atoms with Gasteiger partial charge >= 0.3 is 0 Å². The number of aliphatic hydroxyl groups excluding tert-OH is 4. The first kappa shape index (κ1) is 27.9. The van der Waals surface area contributed by atoms with E-state index < -0.39 is 53.2 Å². The summed E-state index contributed by atoms with van der Waals surface area (Å²) < 4.78 is 27.8. The van der Waals surface area contributed by atoms with Crippen molar-refractivity contribution < 1.29 is 63.0 Å². The van der Waals surface area contributed by atoms with Crippen molar-refractivity contribution >= 4 is 21.9 Å². The summed E-state index contributed by atoms with van der Waals surface area (Å²) in [6.07, 6.45) is -4.35. The molecule has 0 aromatic rings. The molecule has 0 heterocycles. The van der Waals surface area contributed by atoms with Crippen LogP contribution in [0.15, 0.2) is 0 Å². The number of aliphatic hydroxyl groups is 4. The fraction of sp³-hybridized carbons (Fsp3) is 0.900. The highest BCUT2D eigenvalue weighted by atomic mass is 31.2. The van der Waals surface area contributed by atoms with Crippen LogP contribution in [-0.4, -0.2) is 70.9 Å². The number of aldehydes is 1. The molecule has 0 saturated heterocycles. The van der Waals surface area contributed by atoms with Crippen molar-refractivity contribution in [2.24, 2.45) is 5.73 Å². The van der Waals surface area contributed by atoms with Gasteiger partial charge in [0.25, 0.3) is 0 Å². The van der Waals surface area contributed by atoms with Crippen molar-refractivity contribution in [3.8, 4) is 0 Å². The number of hydrogen-bond acceptors (Lipinski definition) is 14. The maximum Gasteiger partial charge on any atom is 0.151 e. The SMILES string of the molecule is NC(CCCOP(=O)([O-])[O-])COP(=O)([O-])[O-].O=C[C@H](O)[C@H](O)[C@H](O)CO. The van der Waals surface area contributed by atoms with Crippen LogP contribution in [0.2, 0.25) is 0 Å². The molecular weight excluding hydrogens is 404 g/mol. The van der Waals surface area contributed by atoms with Gasteiger partial charge in [0.2, 0.25) is 0 Å². The van der Waals surface area contributed by atoms with Crippen molar-refractivity contribution in [2.45, 2.75) is 37.2 Å². The smallest absolute Gasteiger partial charge is 0.151 e. The second-order valence-electron chi connectivity index (χ2n) is 4.79. The number of phosphoric ester groups is 2. The highest BCUT2D eigenvalue weighted by Gasteiger charge is 2.22. The number of phosphoric acid groups is 2. The highest BCUT2D eigenvalue weighted by molar-refractivity contribution is 7.43. The molecule has 0 spiro atoms. The maximum atomic E-state index is 10.0. The molecular formula is C10H21NO13P2-4. The molecule has 0 aliphatic heterocycles. The normalized spacial score (nSPS) is 16.8. The van der Waals surface area contributed by atoms with Gasteiger partial charge in [-0.2, -0.15) is 0 Å². The molecule has 0 aromatic carbocycles. The lowest BCUT2D eigenvalue weighted by molar-refractivity contribution is -0.343. The predicted octanol–water partition coefficient (Wildman–Crippen LogP) is -5.96. The lowest BCUT2D eigenvalue weighted by atomic mass is 10.1. The summed E-state index contributed by atoms with van der Waals surface area (Å²) >= 11 is 0. The lowest BCUT2D eigenvalue weighted by Crippen LogP contribution is -2.40. The number of carbonyl (C=O) groups excluding carboxylic acids is 1. The molecule has 0 saturated carbocycles. The Hall–Kier alpha value is -0.310. The van der Waals surface area contributed by atoms with E-state index in [0.29, 0.717) is 0 Å². The van der Waals surface area contributed by atoms with Gasteiger partial charge in [0, 0.05) is 6.04 Å². The van der Waals surface area contributed by atoms with Crippen molar-refractivity contribution in [1.29, 1.82) is 0 Å². The first-order valence-electron chi connectivity index (χ1n) is 6.92. The van der Waals surface area contributed by atoms with E-state index in [9.17, 15) is 33.5 Å². The molecule has 0 rings (SSSR count). The topological polar surface area (TPSA) is 269 Å². The van der Waals surface area contributed by atoms with E-state index in [4.69, 9.17) is 26.2 Å². The van der Waals surface area contributed by atoms with E-state index in [-0.39, 0.29) is 25.7 Å². The van der Waals surface area contributed by atoms with Crippen molar-refractivity contribution in [1.82, 2.24) is 0 Å². The summed E-state index contributed by atoms with van der Waals surface area (Å²) in [5.41, 5.74) is 5.33. The second kappa shape index (κ2) is 13.8. The van der Waals surface area contributed by atoms with Gasteiger partial charge in [-0.05, 0) is 12.8 Å². The van der Waals surface area contributed by atoms with E-state index in [0.717, 1.165) is 0 Å². The van der Waals surface area contributed by atoms with Crippen LogP contribution in [0.4, 0.5) is 0 Å². The van der Waals surface area contributed by atoms with E-state index in [1.807, 2.05) is 0 Å². The minimum absolute atomic E-state index is 0.0869.